The first kappa shape index (κ1) is 19.7. The lowest BCUT2D eigenvalue weighted by Crippen LogP contribution is -2.43. The maximum atomic E-state index is 13.4. The molecule has 0 bridgehead atoms. The lowest BCUT2D eigenvalue weighted by atomic mass is 9.95. The van der Waals surface area contributed by atoms with E-state index in [1.54, 1.807) is 24.3 Å². The van der Waals surface area contributed by atoms with Crippen molar-refractivity contribution in [2.45, 2.75) is 31.5 Å². The minimum atomic E-state index is -0.249. The molecule has 0 saturated carbocycles. The number of halogens is 2. The van der Waals surface area contributed by atoms with Crippen LogP contribution in [0, 0.1) is 11.6 Å². The minimum absolute atomic E-state index is 0.0816. The van der Waals surface area contributed by atoms with Crippen molar-refractivity contribution >= 4 is 0 Å². The van der Waals surface area contributed by atoms with Gasteiger partial charge in [-0.2, -0.15) is 0 Å². The van der Waals surface area contributed by atoms with Crippen molar-refractivity contribution in [3.8, 4) is 0 Å². The number of hydrogen-bond donors (Lipinski definition) is 1. The van der Waals surface area contributed by atoms with E-state index in [1.165, 1.54) is 29.8 Å². The van der Waals surface area contributed by atoms with E-state index in [9.17, 15) is 8.78 Å². The van der Waals surface area contributed by atoms with E-state index in [0.29, 0.717) is 6.04 Å². The Labute approximate surface area is 171 Å². The molecule has 1 aliphatic heterocycles. The molecule has 4 heteroatoms. The van der Waals surface area contributed by atoms with Gasteiger partial charge in [0.15, 0.2) is 0 Å². The van der Waals surface area contributed by atoms with Crippen LogP contribution in [0.15, 0.2) is 78.9 Å². The Balaban J connectivity index is 1.43. The van der Waals surface area contributed by atoms with Crippen molar-refractivity contribution in [2.24, 2.45) is 0 Å². The van der Waals surface area contributed by atoms with Crippen LogP contribution in [0.5, 0.6) is 0 Å². The molecule has 1 heterocycles. The molecule has 2 nitrogen and oxygen atoms in total. The van der Waals surface area contributed by atoms with Gasteiger partial charge in [-0.1, -0.05) is 54.6 Å². The summed E-state index contributed by atoms with van der Waals surface area (Å²) in [7, 11) is 0. The van der Waals surface area contributed by atoms with Gasteiger partial charge in [-0.15, -0.1) is 0 Å². The van der Waals surface area contributed by atoms with Gasteiger partial charge in [0.2, 0.25) is 0 Å². The SMILES string of the molecule is Fc1ccc(C(NC2CCN(Cc3ccccc3)CC2)c2ccc(F)cc2)cc1. The summed E-state index contributed by atoms with van der Waals surface area (Å²) < 4.78 is 26.8. The summed E-state index contributed by atoms with van der Waals surface area (Å²) >= 11 is 0. The molecule has 29 heavy (non-hydrogen) atoms. The van der Waals surface area contributed by atoms with E-state index in [1.807, 2.05) is 6.07 Å². The molecule has 1 saturated heterocycles. The molecule has 0 amide bonds. The van der Waals surface area contributed by atoms with Gasteiger partial charge in [0.25, 0.3) is 0 Å². The Morgan fingerprint density at radius 3 is 1.79 bits per heavy atom. The van der Waals surface area contributed by atoms with Crippen LogP contribution >= 0.6 is 0 Å². The summed E-state index contributed by atoms with van der Waals surface area (Å²) in [6.45, 7) is 3.05. The van der Waals surface area contributed by atoms with Crippen LogP contribution in [0.25, 0.3) is 0 Å². The molecule has 0 aliphatic carbocycles. The highest BCUT2D eigenvalue weighted by Crippen LogP contribution is 2.25. The Kier molecular flexibility index (Phi) is 6.33. The zero-order valence-corrected chi connectivity index (χ0v) is 16.4. The minimum Gasteiger partial charge on any atom is -0.303 e. The van der Waals surface area contributed by atoms with Crippen molar-refractivity contribution in [2.75, 3.05) is 13.1 Å². The third-order valence-corrected chi connectivity index (χ3v) is 5.65. The van der Waals surface area contributed by atoms with Gasteiger partial charge in [-0.05, 0) is 66.9 Å². The summed E-state index contributed by atoms with van der Waals surface area (Å²) in [4.78, 5) is 2.48. The fourth-order valence-corrected chi connectivity index (χ4v) is 4.03. The van der Waals surface area contributed by atoms with Crippen LogP contribution in [-0.2, 0) is 6.54 Å². The molecule has 0 aromatic heterocycles. The number of benzene rings is 3. The van der Waals surface area contributed by atoms with Crippen LogP contribution in [0.1, 0.15) is 35.6 Å². The number of piperidine rings is 1. The zero-order chi connectivity index (χ0) is 20.1. The highest BCUT2D eigenvalue weighted by molar-refractivity contribution is 5.32. The maximum absolute atomic E-state index is 13.4. The van der Waals surface area contributed by atoms with Gasteiger partial charge in [-0.3, -0.25) is 4.90 Å². The van der Waals surface area contributed by atoms with Crippen molar-refractivity contribution < 1.29 is 8.78 Å². The molecule has 0 unspecified atom stereocenters. The molecular weight excluding hydrogens is 366 g/mol. The second kappa shape index (κ2) is 9.29. The lowest BCUT2D eigenvalue weighted by molar-refractivity contribution is 0.187. The predicted octanol–water partition coefficient (Wildman–Crippen LogP) is 5.31. The topological polar surface area (TPSA) is 15.3 Å². The molecule has 1 aliphatic rings. The summed E-state index contributed by atoms with van der Waals surface area (Å²) in [5.74, 6) is -0.498. The Morgan fingerprint density at radius 2 is 1.28 bits per heavy atom. The van der Waals surface area contributed by atoms with Crippen molar-refractivity contribution in [1.82, 2.24) is 10.2 Å². The monoisotopic (exact) mass is 392 g/mol. The van der Waals surface area contributed by atoms with Gasteiger partial charge in [0.1, 0.15) is 11.6 Å². The molecule has 0 radical (unpaired) electrons. The van der Waals surface area contributed by atoms with Crippen LogP contribution in [0.3, 0.4) is 0 Å². The molecule has 3 aromatic carbocycles. The number of nitrogens with zero attached hydrogens (tertiary/aromatic N) is 1. The largest absolute Gasteiger partial charge is 0.303 e. The quantitative estimate of drug-likeness (QED) is 0.612. The van der Waals surface area contributed by atoms with E-state index in [0.717, 1.165) is 43.6 Å². The molecule has 4 rings (SSSR count). The average Bonchev–Trinajstić information content (AvgIpc) is 2.75. The Morgan fingerprint density at radius 1 is 0.759 bits per heavy atom. The lowest BCUT2D eigenvalue weighted by Gasteiger charge is -2.35. The van der Waals surface area contributed by atoms with Crippen LogP contribution in [0.2, 0.25) is 0 Å². The van der Waals surface area contributed by atoms with Gasteiger partial charge >= 0.3 is 0 Å². The zero-order valence-electron chi connectivity index (χ0n) is 16.4. The molecule has 0 spiro atoms. The van der Waals surface area contributed by atoms with E-state index < -0.39 is 0 Å². The number of likely N-dealkylation sites (tertiary alicyclic amines) is 1. The van der Waals surface area contributed by atoms with Crippen LogP contribution in [-0.4, -0.2) is 24.0 Å². The van der Waals surface area contributed by atoms with Crippen LogP contribution in [0.4, 0.5) is 8.78 Å². The average molecular weight is 392 g/mol. The molecule has 1 fully saturated rings. The van der Waals surface area contributed by atoms with Crippen LogP contribution < -0.4 is 5.32 Å². The van der Waals surface area contributed by atoms with Gasteiger partial charge < -0.3 is 5.32 Å². The van der Waals surface area contributed by atoms with Crippen molar-refractivity contribution in [1.29, 1.82) is 0 Å². The van der Waals surface area contributed by atoms with E-state index in [-0.39, 0.29) is 17.7 Å². The summed E-state index contributed by atoms with van der Waals surface area (Å²) in [5, 5.41) is 3.74. The number of nitrogens with one attached hydrogen (secondary N) is 1. The number of rotatable bonds is 6. The molecule has 1 N–H and O–H groups in total. The van der Waals surface area contributed by atoms with Gasteiger partial charge in [-0.25, -0.2) is 8.78 Å². The molecule has 0 atom stereocenters. The highest BCUT2D eigenvalue weighted by Gasteiger charge is 2.23. The molecule has 150 valence electrons. The predicted molar refractivity (Wildman–Crippen MR) is 113 cm³/mol. The number of hydrogen-bond acceptors (Lipinski definition) is 2. The second-order valence-corrected chi connectivity index (χ2v) is 7.74. The van der Waals surface area contributed by atoms with Gasteiger partial charge in [0, 0.05) is 12.6 Å². The Bertz CT molecular complexity index is 841. The van der Waals surface area contributed by atoms with E-state index in [2.05, 4.69) is 34.5 Å². The van der Waals surface area contributed by atoms with Crippen molar-refractivity contribution in [3.63, 3.8) is 0 Å². The summed E-state index contributed by atoms with van der Waals surface area (Å²) in [6.07, 6.45) is 2.09. The highest BCUT2D eigenvalue weighted by atomic mass is 19.1. The first-order valence-electron chi connectivity index (χ1n) is 10.2. The fourth-order valence-electron chi connectivity index (χ4n) is 4.03. The first-order valence-corrected chi connectivity index (χ1v) is 10.2. The molecular formula is C25H26F2N2. The smallest absolute Gasteiger partial charge is 0.123 e. The second-order valence-electron chi connectivity index (χ2n) is 7.74. The third-order valence-electron chi connectivity index (χ3n) is 5.65. The molecule has 3 aromatic rings. The summed E-state index contributed by atoms with van der Waals surface area (Å²) in [6, 6.07) is 24.0. The Hall–Kier alpha value is -2.56. The maximum Gasteiger partial charge on any atom is 0.123 e. The fraction of sp³-hybridized carbons (Fsp3) is 0.280. The van der Waals surface area contributed by atoms with Crippen molar-refractivity contribution in [3.05, 3.63) is 107 Å². The summed E-state index contributed by atoms with van der Waals surface area (Å²) in [5.41, 5.74) is 3.32. The normalized spacial score (nSPS) is 15.7. The third kappa shape index (κ3) is 5.28. The standard InChI is InChI=1S/C25H26F2N2/c26-22-10-6-20(7-11-22)25(21-8-12-23(27)13-9-21)28-24-14-16-29(17-15-24)18-19-4-2-1-3-5-19/h1-13,24-25,28H,14-18H2. The van der Waals surface area contributed by atoms with E-state index >= 15 is 0 Å². The van der Waals surface area contributed by atoms with E-state index in [4.69, 9.17) is 0 Å². The first-order chi connectivity index (χ1) is 14.2. The van der Waals surface area contributed by atoms with Gasteiger partial charge in [0.05, 0.1) is 6.04 Å².